The van der Waals surface area contributed by atoms with Crippen LogP contribution in [0.5, 0.6) is 0 Å². The van der Waals surface area contributed by atoms with E-state index in [-0.39, 0.29) is 5.69 Å². The lowest BCUT2D eigenvalue weighted by Crippen LogP contribution is -2.21. The third-order valence-corrected chi connectivity index (χ3v) is 2.68. The van der Waals surface area contributed by atoms with Gasteiger partial charge >= 0.3 is 5.69 Å². The highest BCUT2D eigenvalue weighted by molar-refractivity contribution is 7.11. The first-order valence-corrected chi connectivity index (χ1v) is 5.00. The van der Waals surface area contributed by atoms with Crippen LogP contribution in [0, 0.1) is 6.92 Å². The summed E-state index contributed by atoms with van der Waals surface area (Å²) in [7, 11) is 0. The summed E-state index contributed by atoms with van der Waals surface area (Å²) in [5, 5.41) is 1.01. The lowest BCUT2D eigenvalue weighted by molar-refractivity contribution is 0.734. The Balaban J connectivity index is 2.27. The highest BCUT2D eigenvalue weighted by Crippen LogP contribution is 2.11. The SMILES string of the molecule is Cc1ncc(Cn2cccnc2=O)s1. The summed E-state index contributed by atoms with van der Waals surface area (Å²) < 4.78 is 1.56. The maximum absolute atomic E-state index is 11.3. The topological polar surface area (TPSA) is 47.8 Å². The normalized spacial score (nSPS) is 10.4. The van der Waals surface area contributed by atoms with Crippen LogP contribution in [0.2, 0.25) is 0 Å². The van der Waals surface area contributed by atoms with Gasteiger partial charge in [0.25, 0.3) is 0 Å². The van der Waals surface area contributed by atoms with Crippen LogP contribution in [0.4, 0.5) is 0 Å². The van der Waals surface area contributed by atoms with Crippen LogP contribution in [0.25, 0.3) is 0 Å². The van der Waals surface area contributed by atoms with Crippen molar-refractivity contribution in [3.63, 3.8) is 0 Å². The predicted octanol–water partition coefficient (Wildman–Crippen LogP) is 1.06. The van der Waals surface area contributed by atoms with Crippen molar-refractivity contribution in [2.75, 3.05) is 0 Å². The van der Waals surface area contributed by atoms with E-state index in [0.29, 0.717) is 6.54 Å². The van der Waals surface area contributed by atoms with Gasteiger partial charge in [0.15, 0.2) is 0 Å². The van der Waals surface area contributed by atoms with E-state index < -0.39 is 0 Å². The Labute approximate surface area is 84.9 Å². The van der Waals surface area contributed by atoms with Gasteiger partial charge in [-0.15, -0.1) is 11.3 Å². The average Bonchev–Trinajstić information content (AvgIpc) is 2.56. The molecule has 0 atom stereocenters. The number of aryl methyl sites for hydroxylation is 1. The molecule has 14 heavy (non-hydrogen) atoms. The maximum Gasteiger partial charge on any atom is 0.347 e. The van der Waals surface area contributed by atoms with Gasteiger partial charge < -0.3 is 0 Å². The van der Waals surface area contributed by atoms with Crippen LogP contribution in [0.15, 0.2) is 29.5 Å². The highest BCUT2D eigenvalue weighted by atomic mass is 32.1. The molecule has 0 amide bonds. The Kier molecular flexibility index (Phi) is 2.41. The van der Waals surface area contributed by atoms with Gasteiger partial charge in [0, 0.05) is 23.5 Å². The van der Waals surface area contributed by atoms with Crippen LogP contribution in [-0.4, -0.2) is 14.5 Å². The van der Waals surface area contributed by atoms with Gasteiger partial charge in [-0.1, -0.05) is 0 Å². The summed E-state index contributed by atoms with van der Waals surface area (Å²) in [4.78, 5) is 20.1. The number of hydrogen-bond acceptors (Lipinski definition) is 4. The van der Waals surface area contributed by atoms with Crippen molar-refractivity contribution in [1.82, 2.24) is 14.5 Å². The van der Waals surface area contributed by atoms with Crippen LogP contribution < -0.4 is 5.69 Å². The molecule has 0 saturated heterocycles. The third kappa shape index (κ3) is 1.88. The molecule has 0 unspecified atom stereocenters. The maximum atomic E-state index is 11.3. The van der Waals surface area contributed by atoms with Gasteiger partial charge in [-0.05, 0) is 13.0 Å². The Hall–Kier alpha value is -1.49. The smallest absolute Gasteiger partial charge is 0.294 e. The second-order valence-electron chi connectivity index (χ2n) is 2.88. The zero-order valence-electron chi connectivity index (χ0n) is 7.67. The minimum atomic E-state index is -0.224. The minimum absolute atomic E-state index is 0.224. The Morgan fingerprint density at radius 3 is 3.00 bits per heavy atom. The molecular weight excluding hydrogens is 198 g/mol. The fourth-order valence-corrected chi connectivity index (χ4v) is 1.95. The summed E-state index contributed by atoms with van der Waals surface area (Å²) in [6, 6.07) is 1.75. The molecule has 2 rings (SSSR count). The first-order chi connectivity index (χ1) is 6.75. The zero-order chi connectivity index (χ0) is 9.97. The van der Waals surface area contributed by atoms with E-state index in [1.54, 1.807) is 34.4 Å². The summed E-state index contributed by atoms with van der Waals surface area (Å²) in [5.74, 6) is 0. The molecule has 0 aliphatic heterocycles. The van der Waals surface area contributed by atoms with Gasteiger partial charge in [0.1, 0.15) is 0 Å². The van der Waals surface area contributed by atoms with Crippen molar-refractivity contribution in [2.45, 2.75) is 13.5 Å². The van der Waals surface area contributed by atoms with E-state index in [2.05, 4.69) is 9.97 Å². The molecule has 0 spiro atoms. The fourth-order valence-electron chi connectivity index (χ4n) is 1.15. The molecule has 0 fully saturated rings. The second kappa shape index (κ2) is 3.71. The van der Waals surface area contributed by atoms with E-state index in [1.807, 2.05) is 6.92 Å². The van der Waals surface area contributed by atoms with E-state index >= 15 is 0 Å². The van der Waals surface area contributed by atoms with Crippen LogP contribution >= 0.6 is 11.3 Å². The molecule has 0 aromatic carbocycles. The summed E-state index contributed by atoms with van der Waals surface area (Å²) >= 11 is 1.59. The Bertz CT molecular complexity index is 489. The Morgan fingerprint density at radius 2 is 2.36 bits per heavy atom. The first kappa shape index (κ1) is 9.08. The predicted molar refractivity (Wildman–Crippen MR) is 54.5 cm³/mol. The monoisotopic (exact) mass is 207 g/mol. The lowest BCUT2D eigenvalue weighted by Gasteiger charge is -1.99. The van der Waals surface area contributed by atoms with E-state index in [9.17, 15) is 4.79 Å². The molecule has 72 valence electrons. The standard InChI is InChI=1S/C9H9N3OS/c1-7-11-5-8(14-7)6-12-4-2-3-10-9(12)13/h2-5H,6H2,1H3. The zero-order valence-corrected chi connectivity index (χ0v) is 8.49. The van der Waals surface area contributed by atoms with Crippen molar-refractivity contribution < 1.29 is 0 Å². The number of thiazole rings is 1. The molecule has 0 radical (unpaired) electrons. The fraction of sp³-hybridized carbons (Fsp3) is 0.222. The summed E-state index contributed by atoms with van der Waals surface area (Å²) in [6.45, 7) is 2.50. The molecule has 0 N–H and O–H groups in total. The molecule has 2 heterocycles. The van der Waals surface area contributed by atoms with Crippen LogP contribution in [0.3, 0.4) is 0 Å². The molecule has 0 saturated carbocycles. The van der Waals surface area contributed by atoms with Gasteiger partial charge in [-0.3, -0.25) is 4.57 Å². The van der Waals surface area contributed by atoms with E-state index in [4.69, 9.17) is 0 Å². The van der Waals surface area contributed by atoms with Gasteiger partial charge in [0.05, 0.1) is 11.6 Å². The van der Waals surface area contributed by atoms with Crippen molar-refractivity contribution in [3.8, 4) is 0 Å². The van der Waals surface area contributed by atoms with Crippen molar-refractivity contribution in [3.05, 3.63) is 45.0 Å². The van der Waals surface area contributed by atoms with E-state index in [0.717, 1.165) is 9.88 Å². The largest absolute Gasteiger partial charge is 0.347 e. The quantitative estimate of drug-likeness (QED) is 0.739. The Morgan fingerprint density at radius 1 is 1.50 bits per heavy atom. The van der Waals surface area contributed by atoms with Gasteiger partial charge in [0.2, 0.25) is 0 Å². The summed E-state index contributed by atoms with van der Waals surface area (Å²) in [5.41, 5.74) is -0.224. The van der Waals surface area contributed by atoms with Gasteiger partial charge in [-0.2, -0.15) is 0 Å². The van der Waals surface area contributed by atoms with Gasteiger partial charge in [-0.25, -0.2) is 14.8 Å². The van der Waals surface area contributed by atoms with Crippen molar-refractivity contribution >= 4 is 11.3 Å². The molecule has 0 aliphatic rings. The molecule has 4 nitrogen and oxygen atoms in total. The number of nitrogens with zero attached hydrogens (tertiary/aromatic N) is 3. The average molecular weight is 207 g/mol. The molecule has 5 heteroatoms. The first-order valence-electron chi connectivity index (χ1n) is 4.18. The van der Waals surface area contributed by atoms with Crippen LogP contribution in [0.1, 0.15) is 9.88 Å². The number of rotatable bonds is 2. The van der Waals surface area contributed by atoms with Crippen molar-refractivity contribution in [1.29, 1.82) is 0 Å². The second-order valence-corrected chi connectivity index (χ2v) is 4.20. The molecular formula is C9H9N3OS. The summed E-state index contributed by atoms with van der Waals surface area (Å²) in [6.07, 6.45) is 5.01. The van der Waals surface area contributed by atoms with E-state index in [1.165, 1.54) is 6.20 Å². The van der Waals surface area contributed by atoms with Crippen molar-refractivity contribution in [2.24, 2.45) is 0 Å². The highest BCUT2D eigenvalue weighted by Gasteiger charge is 2.00. The molecule has 2 aromatic heterocycles. The number of aromatic nitrogens is 3. The minimum Gasteiger partial charge on any atom is -0.294 e. The molecule has 0 aliphatic carbocycles. The van der Waals surface area contributed by atoms with Crippen LogP contribution in [-0.2, 0) is 6.54 Å². The lowest BCUT2D eigenvalue weighted by atomic mass is 10.5. The molecule has 2 aromatic rings. The molecule has 0 bridgehead atoms. The third-order valence-electron chi connectivity index (χ3n) is 1.78. The number of hydrogen-bond donors (Lipinski definition) is 0.